The molecule has 1 aliphatic rings. The summed E-state index contributed by atoms with van der Waals surface area (Å²) in [7, 11) is 0. The molecule has 8 heavy (non-hydrogen) atoms. The van der Waals surface area contributed by atoms with Crippen LogP contribution in [0.25, 0.3) is 0 Å². The molecule has 0 saturated heterocycles. The van der Waals surface area contributed by atoms with Crippen molar-refractivity contribution in [2.24, 2.45) is 0 Å². The second-order valence-electron chi connectivity index (χ2n) is 1.48. The van der Waals surface area contributed by atoms with Gasteiger partial charge in [0.25, 0.3) is 5.91 Å². The number of amides is 1. The van der Waals surface area contributed by atoms with Crippen molar-refractivity contribution in [2.75, 3.05) is 6.54 Å². The lowest BCUT2D eigenvalue weighted by Crippen LogP contribution is -2.32. The van der Waals surface area contributed by atoms with E-state index in [4.69, 9.17) is 0 Å². The molecule has 1 rings (SSSR count). The van der Waals surface area contributed by atoms with Crippen LogP contribution in [-0.4, -0.2) is 17.3 Å². The van der Waals surface area contributed by atoms with Crippen LogP contribution in [0.2, 0.25) is 0 Å². The first kappa shape index (κ1) is 5.44. The van der Waals surface area contributed by atoms with Gasteiger partial charge in [0.2, 0.25) is 0 Å². The van der Waals surface area contributed by atoms with Crippen molar-refractivity contribution in [3.63, 3.8) is 0 Å². The molecule has 0 aromatic heterocycles. The van der Waals surface area contributed by atoms with E-state index in [-0.39, 0.29) is 5.91 Å². The van der Waals surface area contributed by atoms with Crippen molar-refractivity contribution >= 4 is 23.0 Å². The average molecular weight is 127 g/mol. The van der Waals surface area contributed by atoms with Crippen LogP contribution < -0.4 is 5.32 Å². The molecule has 1 heterocycles. The Balaban J connectivity index is 2.75. The van der Waals surface area contributed by atoms with Crippen molar-refractivity contribution in [1.82, 2.24) is 5.32 Å². The van der Waals surface area contributed by atoms with Crippen LogP contribution in [0, 0.1) is 0 Å². The lowest BCUT2D eigenvalue weighted by atomic mass is 10.3. The third-order valence-corrected chi connectivity index (χ3v) is 1.19. The first-order valence-corrected chi connectivity index (χ1v) is 2.70. The van der Waals surface area contributed by atoms with Crippen molar-refractivity contribution in [1.29, 1.82) is 0 Å². The normalized spacial score (nSPS) is 18.5. The molecule has 1 N–H and O–H groups in total. The van der Waals surface area contributed by atoms with Crippen LogP contribution in [0.15, 0.2) is 12.2 Å². The maximum atomic E-state index is 10.5. The zero-order chi connectivity index (χ0) is 5.98. The van der Waals surface area contributed by atoms with E-state index in [1.807, 2.05) is 6.08 Å². The van der Waals surface area contributed by atoms with Crippen LogP contribution >= 0.6 is 12.2 Å². The number of rotatable bonds is 0. The Bertz CT molecular complexity index is 162. The van der Waals surface area contributed by atoms with Gasteiger partial charge >= 0.3 is 0 Å². The van der Waals surface area contributed by atoms with Gasteiger partial charge in [-0.05, 0) is 6.08 Å². The maximum absolute atomic E-state index is 10.5. The van der Waals surface area contributed by atoms with Gasteiger partial charge in [-0.15, -0.1) is 0 Å². The van der Waals surface area contributed by atoms with E-state index < -0.39 is 0 Å². The Kier molecular flexibility index (Phi) is 1.39. The fourth-order valence-electron chi connectivity index (χ4n) is 0.480. The molecule has 0 spiro atoms. The van der Waals surface area contributed by atoms with Gasteiger partial charge in [0.1, 0.15) is 4.86 Å². The number of hydrogen-bond donors (Lipinski definition) is 1. The van der Waals surface area contributed by atoms with Crippen LogP contribution in [-0.2, 0) is 4.79 Å². The van der Waals surface area contributed by atoms with Gasteiger partial charge in [-0.2, -0.15) is 0 Å². The number of carbonyl (C=O) groups is 1. The summed E-state index contributed by atoms with van der Waals surface area (Å²) in [4.78, 5) is 10.9. The van der Waals surface area contributed by atoms with Gasteiger partial charge in [0.05, 0.1) is 0 Å². The maximum Gasteiger partial charge on any atom is 0.262 e. The Morgan fingerprint density at radius 3 is 2.88 bits per heavy atom. The minimum Gasteiger partial charge on any atom is -0.348 e. The van der Waals surface area contributed by atoms with Gasteiger partial charge < -0.3 is 5.32 Å². The van der Waals surface area contributed by atoms with Crippen LogP contribution in [0.3, 0.4) is 0 Å². The van der Waals surface area contributed by atoms with E-state index in [1.54, 1.807) is 6.08 Å². The standard InChI is InChI=1S/C5H5NOS/c7-5-4(8)2-1-3-6-5/h1-2H,3H2,(H,6,7). The zero-order valence-electron chi connectivity index (χ0n) is 4.18. The van der Waals surface area contributed by atoms with Gasteiger partial charge in [-0.1, -0.05) is 18.3 Å². The van der Waals surface area contributed by atoms with E-state index >= 15 is 0 Å². The first-order chi connectivity index (χ1) is 3.80. The molecule has 0 aromatic rings. The summed E-state index contributed by atoms with van der Waals surface area (Å²) in [6, 6.07) is 0. The molecule has 0 bridgehead atoms. The molecule has 0 aromatic carbocycles. The van der Waals surface area contributed by atoms with Crippen LogP contribution in [0.1, 0.15) is 0 Å². The molecule has 0 atom stereocenters. The molecule has 42 valence electrons. The first-order valence-electron chi connectivity index (χ1n) is 2.29. The predicted octanol–water partition coefficient (Wildman–Crippen LogP) is 0.0423. The smallest absolute Gasteiger partial charge is 0.262 e. The van der Waals surface area contributed by atoms with Gasteiger partial charge in [-0.3, -0.25) is 4.79 Å². The molecular formula is C5H5NOS. The van der Waals surface area contributed by atoms with E-state index in [0.717, 1.165) is 0 Å². The van der Waals surface area contributed by atoms with E-state index in [2.05, 4.69) is 17.5 Å². The SMILES string of the molecule is O=C1NCC=CC1=S. The number of hydrogen-bond acceptors (Lipinski definition) is 2. The summed E-state index contributed by atoms with van der Waals surface area (Å²) >= 11 is 4.63. The fraction of sp³-hybridized carbons (Fsp3) is 0.200. The fourth-order valence-corrected chi connectivity index (χ4v) is 0.649. The van der Waals surface area contributed by atoms with Crippen LogP contribution in [0.5, 0.6) is 0 Å². The molecule has 0 radical (unpaired) electrons. The minimum atomic E-state index is -0.137. The second kappa shape index (κ2) is 2.05. The highest BCUT2D eigenvalue weighted by Crippen LogP contribution is 1.86. The summed E-state index contributed by atoms with van der Waals surface area (Å²) < 4.78 is 0. The minimum absolute atomic E-state index is 0.137. The van der Waals surface area contributed by atoms with Crippen molar-refractivity contribution in [3.05, 3.63) is 12.2 Å². The Morgan fingerprint density at radius 2 is 2.50 bits per heavy atom. The number of carbonyl (C=O) groups excluding carboxylic acids is 1. The Labute approximate surface area is 52.6 Å². The molecule has 1 amide bonds. The topological polar surface area (TPSA) is 29.1 Å². The average Bonchev–Trinajstić information content (AvgIpc) is 1.77. The lowest BCUT2D eigenvalue weighted by Gasteiger charge is -2.03. The summed E-state index contributed by atoms with van der Waals surface area (Å²) in [6.45, 7) is 0.610. The van der Waals surface area contributed by atoms with Crippen molar-refractivity contribution < 1.29 is 4.79 Å². The van der Waals surface area contributed by atoms with Crippen LogP contribution in [0.4, 0.5) is 0 Å². The molecule has 0 saturated carbocycles. The van der Waals surface area contributed by atoms with Gasteiger partial charge in [0, 0.05) is 6.54 Å². The number of nitrogens with one attached hydrogen (secondary N) is 1. The molecular weight excluding hydrogens is 122 g/mol. The molecule has 0 fully saturated rings. The largest absolute Gasteiger partial charge is 0.348 e. The molecule has 0 unspecified atom stereocenters. The Hall–Kier alpha value is -0.700. The molecule has 0 aliphatic carbocycles. The summed E-state index contributed by atoms with van der Waals surface area (Å²) in [6.07, 6.45) is 3.47. The number of thiocarbonyl (C=S) groups is 1. The molecule has 2 nitrogen and oxygen atoms in total. The predicted molar refractivity (Wildman–Crippen MR) is 34.7 cm³/mol. The summed E-state index contributed by atoms with van der Waals surface area (Å²) in [5.74, 6) is -0.137. The highest BCUT2D eigenvalue weighted by Gasteiger charge is 2.06. The summed E-state index contributed by atoms with van der Waals surface area (Å²) in [5, 5.41) is 2.56. The third kappa shape index (κ3) is 0.924. The Morgan fingerprint density at radius 1 is 1.75 bits per heavy atom. The lowest BCUT2D eigenvalue weighted by molar-refractivity contribution is -0.114. The highest BCUT2D eigenvalue weighted by atomic mass is 32.1. The van der Waals surface area contributed by atoms with E-state index in [1.165, 1.54) is 0 Å². The van der Waals surface area contributed by atoms with Gasteiger partial charge in [-0.25, -0.2) is 0 Å². The monoisotopic (exact) mass is 127 g/mol. The van der Waals surface area contributed by atoms with Crippen molar-refractivity contribution in [3.8, 4) is 0 Å². The summed E-state index contributed by atoms with van der Waals surface area (Å²) in [5.41, 5.74) is 0. The van der Waals surface area contributed by atoms with E-state index in [9.17, 15) is 4.79 Å². The highest BCUT2D eigenvalue weighted by molar-refractivity contribution is 7.82. The second-order valence-corrected chi connectivity index (χ2v) is 1.92. The van der Waals surface area contributed by atoms with Gasteiger partial charge in [0.15, 0.2) is 0 Å². The quantitative estimate of drug-likeness (QED) is 0.465. The third-order valence-electron chi connectivity index (χ3n) is 0.873. The molecule has 3 heteroatoms. The van der Waals surface area contributed by atoms with Crippen molar-refractivity contribution in [2.45, 2.75) is 0 Å². The zero-order valence-corrected chi connectivity index (χ0v) is 4.99. The van der Waals surface area contributed by atoms with E-state index in [0.29, 0.717) is 11.4 Å². The molecule has 1 aliphatic heterocycles.